The number of benzene rings is 1. The third-order valence-electron chi connectivity index (χ3n) is 4.05. The molecule has 182 valence electrons. The molecule has 0 fully saturated rings. The van der Waals surface area contributed by atoms with Crippen LogP contribution in [0.3, 0.4) is 0 Å². The summed E-state index contributed by atoms with van der Waals surface area (Å²) >= 11 is 0. The quantitative estimate of drug-likeness (QED) is 0.188. The Hall–Kier alpha value is -2.29. The number of hydrogen-bond donors (Lipinski definition) is 0. The predicted octanol–water partition coefficient (Wildman–Crippen LogP) is 1.53. The maximum Gasteiger partial charge on any atom is 0.319 e. The summed E-state index contributed by atoms with van der Waals surface area (Å²) in [5.74, 6) is -0.941. The summed E-state index contributed by atoms with van der Waals surface area (Å²) < 4.78 is 66.5. The van der Waals surface area contributed by atoms with E-state index >= 15 is 0 Å². The molecular weight excluding hydrogens is 470 g/mol. The van der Waals surface area contributed by atoms with Gasteiger partial charge in [0.05, 0.1) is 43.3 Å². The van der Waals surface area contributed by atoms with Crippen LogP contribution in [0.15, 0.2) is 18.2 Å². The molecule has 0 aromatic heterocycles. The lowest BCUT2D eigenvalue weighted by Crippen LogP contribution is -2.46. The minimum atomic E-state index is -4.11. The van der Waals surface area contributed by atoms with Gasteiger partial charge in [-0.2, -0.15) is 16.8 Å². The molecule has 1 aromatic rings. The van der Waals surface area contributed by atoms with Gasteiger partial charge in [0.15, 0.2) is 0 Å². The van der Waals surface area contributed by atoms with Gasteiger partial charge in [-0.15, -0.1) is 0 Å². The molecule has 0 aliphatic carbocycles. The van der Waals surface area contributed by atoms with Crippen LogP contribution in [0.5, 0.6) is 5.75 Å². The second kappa shape index (κ2) is 10.1. The molecule has 1 rings (SSSR count). The first-order valence-corrected chi connectivity index (χ1v) is 12.8. The molecular formula is C18H27NO11S2. The normalized spacial score (nSPS) is 14.4. The standard InChI is InChI=1S/C18H27NO11S2/c1-17(2,3)30-16(20)18(12-29-32(6,25)26,9-10-28-31(5,23)24)14-11-13(27-4)7-8-15(14)19(21)22/h7-8,11H,9-10,12H2,1-6H3/t18-/m0/s1. The Balaban J connectivity index is 3.83. The van der Waals surface area contributed by atoms with Crippen LogP contribution in [-0.2, 0) is 43.5 Å². The first-order chi connectivity index (χ1) is 14.4. The fraction of sp³-hybridized carbons (Fsp3) is 0.611. The fourth-order valence-electron chi connectivity index (χ4n) is 2.69. The van der Waals surface area contributed by atoms with Gasteiger partial charge >= 0.3 is 5.97 Å². The van der Waals surface area contributed by atoms with Crippen molar-refractivity contribution >= 4 is 31.9 Å². The van der Waals surface area contributed by atoms with Gasteiger partial charge in [0.25, 0.3) is 25.9 Å². The molecule has 0 unspecified atom stereocenters. The molecule has 0 saturated carbocycles. The number of methoxy groups -OCH3 is 1. The fourth-order valence-corrected chi connectivity index (χ4v) is 3.49. The van der Waals surface area contributed by atoms with Crippen molar-refractivity contribution in [1.29, 1.82) is 0 Å². The summed E-state index contributed by atoms with van der Waals surface area (Å²) in [5.41, 5.74) is -4.03. The first kappa shape index (κ1) is 27.7. The second-order valence-electron chi connectivity index (χ2n) is 7.97. The molecule has 0 N–H and O–H groups in total. The Kier molecular flexibility index (Phi) is 8.76. The number of hydrogen-bond acceptors (Lipinski definition) is 11. The van der Waals surface area contributed by atoms with Crippen molar-refractivity contribution < 1.29 is 44.4 Å². The van der Waals surface area contributed by atoms with Crippen LogP contribution in [0.4, 0.5) is 5.69 Å². The number of carbonyl (C=O) groups excluding carboxylic acids is 1. The molecule has 0 saturated heterocycles. The van der Waals surface area contributed by atoms with Crippen molar-refractivity contribution in [2.24, 2.45) is 0 Å². The smallest absolute Gasteiger partial charge is 0.319 e. The summed E-state index contributed by atoms with van der Waals surface area (Å²) in [5, 5.41) is 11.7. The Morgan fingerprint density at radius 1 is 1.06 bits per heavy atom. The van der Waals surface area contributed by atoms with Crippen LogP contribution in [0.2, 0.25) is 0 Å². The highest BCUT2D eigenvalue weighted by atomic mass is 32.2. The lowest BCUT2D eigenvalue weighted by atomic mass is 9.77. The van der Waals surface area contributed by atoms with Crippen LogP contribution < -0.4 is 4.74 Å². The number of esters is 1. The van der Waals surface area contributed by atoms with Crippen LogP contribution >= 0.6 is 0 Å². The van der Waals surface area contributed by atoms with Gasteiger partial charge in [0, 0.05) is 6.07 Å². The number of carbonyl (C=O) groups is 1. The van der Waals surface area contributed by atoms with E-state index < -0.39 is 67.5 Å². The maximum atomic E-state index is 13.4. The largest absolute Gasteiger partial charge is 0.497 e. The number of nitro groups is 1. The van der Waals surface area contributed by atoms with Gasteiger partial charge in [-0.05, 0) is 39.3 Å². The topological polar surface area (TPSA) is 165 Å². The van der Waals surface area contributed by atoms with Gasteiger partial charge < -0.3 is 9.47 Å². The highest BCUT2D eigenvalue weighted by Crippen LogP contribution is 2.40. The summed E-state index contributed by atoms with van der Waals surface area (Å²) in [4.78, 5) is 24.3. The lowest BCUT2D eigenvalue weighted by Gasteiger charge is -2.34. The van der Waals surface area contributed by atoms with Crippen molar-refractivity contribution in [3.63, 3.8) is 0 Å². The maximum absolute atomic E-state index is 13.4. The van der Waals surface area contributed by atoms with Crippen molar-refractivity contribution in [2.75, 3.05) is 32.8 Å². The average Bonchev–Trinajstić information content (AvgIpc) is 2.60. The van der Waals surface area contributed by atoms with Crippen LogP contribution in [0, 0.1) is 10.1 Å². The molecule has 0 amide bonds. The van der Waals surface area contributed by atoms with Crippen molar-refractivity contribution in [2.45, 2.75) is 38.2 Å². The average molecular weight is 498 g/mol. The van der Waals surface area contributed by atoms with E-state index in [2.05, 4.69) is 0 Å². The molecule has 0 heterocycles. The van der Waals surface area contributed by atoms with E-state index in [4.69, 9.17) is 17.8 Å². The summed E-state index contributed by atoms with van der Waals surface area (Å²) in [6.45, 7) is 3.11. The zero-order valence-corrected chi connectivity index (χ0v) is 20.2. The summed E-state index contributed by atoms with van der Waals surface area (Å²) in [6, 6.07) is 3.53. The zero-order chi connectivity index (χ0) is 25.0. The minimum Gasteiger partial charge on any atom is -0.497 e. The van der Waals surface area contributed by atoms with Crippen LogP contribution in [-0.4, -0.2) is 66.2 Å². The highest BCUT2D eigenvalue weighted by molar-refractivity contribution is 7.86. The van der Waals surface area contributed by atoms with E-state index in [0.29, 0.717) is 0 Å². The number of nitro benzene ring substituents is 1. The van der Waals surface area contributed by atoms with E-state index in [1.807, 2.05) is 0 Å². The SMILES string of the molecule is COc1ccc([N+](=O)[O-])c([C@](CCOS(C)(=O)=O)(COS(C)(=O)=O)C(=O)OC(C)(C)C)c1. The Labute approximate surface area is 187 Å². The van der Waals surface area contributed by atoms with Gasteiger partial charge in [-0.1, -0.05) is 0 Å². The van der Waals surface area contributed by atoms with Gasteiger partial charge in [-0.25, -0.2) is 0 Å². The summed E-state index contributed by atoms with van der Waals surface area (Å²) in [7, 11) is -6.76. The van der Waals surface area contributed by atoms with Gasteiger partial charge in [-0.3, -0.25) is 23.3 Å². The van der Waals surface area contributed by atoms with Crippen molar-refractivity contribution in [1.82, 2.24) is 0 Å². The summed E-state index contributed by atoms with van der Waals surface area (Å²) in [6.07, 6.45) is 1.00. The van der Waals surface area contributed by atoms with Gasteiger partial charge in [0.2, 0.25) is 0 Å². The molecule has 0 aliphatic heterocycles. The van der Waals surface area contributed by atoms with Gasteiger partial charge in [0.1, 0.15) is 16.8 Å². The van der Waals surface area contributed by atoms with Crippen molar-refractivity contribution in [3.8, 4) is 5.75 Å². The van der Waals surface area contributed by atoms with Crippen molar-refractivity contribution in [3.05, 3.63) is 33.9 Å². The molecule has 32 heavy (non-hydrogen) atoms. The molecule has 1 atom stereocenters. The van der Waals surface area contributed by atoms with E-state index in [0.717, 1.165) is 18.6 Å². The Bertz CT molecular complexity index is 1060. The molecule has 0 radical (unpaired) electrons. The third kappa shape index (κ3) is 8.33. The number of rotatable bonds is 11. The van der Waals surface area contributed by atoms with E-state index in [1.165, 1.54) is 19.2 Å². The highest BCUT2D eigenvalue weighted by Gasteiger charge is 2.48. The molecule has 14 heteroatoms. The number of ether oxygens (including phenoxy) is 2. The molecule has 0 bridgehead atoms. The molecule has 0 aliphatic rings. The molecule has 1 aromatic carbocycles. The molecule has 12 nitrogen and oxygen atoms in total. The van der Waals surface area contributed by atoms with E-state index in [1.54, 1.807) is 20.8 Å². The van der Waals surface area contributed by atoms with E-state index in [9.17, 15) is 31.7 Å². The first-order valence-electron chi connectivity index (χ1n) is 9.15. The predicted molar refractivity (Wildman–Crippen MR) is 113 cm³/mol. The van der Waals surface area contributed by atoms with Crippen LogP contribution in [0.25, 0.3) is 0 Å². The lowest BCUT2D eigenvalue weighted by molar-refractivity contribution is -0.386. The monoisotopic (exact) mass is 497 g/mol. The zero-order valence-electron chi connectivity index (χ0n) is 18.6. The third-order valence-corrected chi connectivity index (χ3v) is 5.19. The molecule has 0 spiro atoms. The minimum absolute atomic E-state index is 0.127. The van der Waals surface area contributed by atoms with Crippen LogP contribution in [0.1, 0.15) is 32.8 Å². The second-order valence-corrected chi connectivity index (χ2v) is 11.3. The Morgan fingerprint density at radius 3 is 2.06 bits per heavy atom. The Morgan fingerprint density at radius 2 is 1.62 bits per heavy atom. The van der Waals surface area contributed by atoms with E-state index in [-0.39, 0.29) is 11.3 Å². The number of nitrogens with zero attached hydrogens (tertiary/aromatic N) is 1.